The zero-order chi connectivity index (χ0) is 10.4. The van der Waals surface area contributed by atoms with Crippen LogP contribution in [0.4, 0.5) is 5.69 Å². The highest BCUT2D eigenvalue weighted by Crippen LogP contribution is 2.16. The molecule has 1 rings (SSSR count). The van der Waals surface area contributed by atoms with E-state index in [1.54, 1.807) is 31.4 Å². The second-order valence-corrected chi connectivity index (χ2v) is 2.76. The highest BCUT2D eigenvalue weighted by molar-refractivity contribution is 5.88. The molecular weight excluding hydrogens is 182 g/mol. The van der Waals surface area contributed by atoms with Crippen molar-refractivity contribution in [3.05, 3.63) is 24.3 Å². The first-order chi connectivity index (χ1) is 6.72. The molecule has 0 bridgehead atoms. The summed E-state index contributed by atoms with van der Waals surface area (Å²) in [4.78, 5) is 10.8. The summed E-state index contributed by atoms with van der Waals surface area (Å²) in [5.74, 6) is 0.562. The van der Waals surface area contributed by atoms with E-state index in [0.29, 0.717) is 11.4 Å². The van der Waals surface area contributed by atoms with Crippen LogP contribution in [-0.2, 0) is 9.53 Å². The van der Waals surface area contributed by atoms with E-state index in [1.165, 1.54) is 6.92 Å². The molecule has 0 saturated heterocycles. The number of anilines is 1. The van der Waals surface area contributed by atoms with Crippen molar-refractivity contribution in [3.63, 3.8) is 0 Å². The fraction of sp³-hybridized carbons (Fsp3) is 0.300. The number of benzene rings is 1. The lowest BCUT2D eigenvalue weighted by Crippen LogP contribution is -2.06. The van der Waals surface area contributed by atoms with Crippen LogP contribution in [0.5, 0.6) is 5.75 Å². The molecule has 4 nitrogen and oxygen atoms in total. The maximum atomic E-state index is 10.8. The minimum Gasteiger partial charge on any atom is -0.467 e. The molecule has 0 aliphatic heterocycles. The van der Waals surface area contributed by atoms with E-state index in [1.807, 2.05) is 0 Å². The van der Waals surface area contributed by atoms with Crippen molar-refractivity contribution >= 4 is 11.6 Å². The van der Waals surface area contributed by atoms with Gasteiger partial charge >= 0.3 is 0 Å². The summed E-state index contributed by atoms with van der Waals surface area (Å²) < 4.78 is 9.96. The molecule has 4 heteroatoms. The fourth-order valence-corrected chi connectivity index (χ4v) is 0.994. The monoisotopic (exact) mass is 195 g/mol. The van der Waals surface area contributed by atoms with Gasteiger partial charge in [-0.1, -0.05) is 6.07 Å². The predicted octanol–water partition coefficient (Wildman–Crippen LogP) is 1.63. The van der Waals surface area contributed by atoms with Crippen LogP contribution in [-0.4, -0.2) is 19.8 Å². The zero-order valence-electron chi connectivity index (χ0n) is 8.24. The third kappa shape index (κ3) is 3.45. The zero-order valence-corrected chi connectivity index (χ0v) is 8.24. The molecule has 1 amide bonds. The van der Waals surface area contributed by atoms with Gasteiger partial charge in [-0.15, -0.1) is 0 Å². The van der Waals surface area contributed by atoms with E-state index in [-0.39, 0.29) is 12.7 Å². The van der Waals surface area contributed by atoms with Gasteiger partial charge in [0.15, 0.2) is 6.79 Å². The molecule has 0 unspecified atom stereocenters. The lowest BCUT2D eigenvalue weighted by Gasteiger charge is -2.06. The molecule has 0 fully saturated rings. The molecule has 0 aliphatic carbocycles. The molecule has 76 valence electrons. The largest absolute Gasteiger partial charge is 0.467 e. The summed E-state index contributed by atoms with van der Waals surface area (Å²) in [6.45, 7) is 1.66. The van der Waals surface area contributed by atoms with Gasteiger partial charge in [0.25, 0.3) is 0 Å². The Morgan fingerprint density at radius 1 is 1.50 bits per heavy atom. The van der Waals surface area contributed by atoms with Crippen LogP contribution in [0.1, 0.15) is 6.92 Å². The first-order valence-corrected chi connectivity index (χ1v) is 4.22. The Hall–Kier alpha value is -1.55. The Kier molecular flexibility index (Phi) is 3.94. The molecule has 0 aliphatic rings. The van der Waals surface area contributed by atoms with Crippen LogP contribution in [0.2, 0.25) is 0 Å². The number of nitrogens with one attached hydrogen (secondary N) is 1. The second-order valence-electron chi connectivity index (χ2n) is 2.76. The number of ether oxygens (including phenoxy) is 2. The van der Waals surface area contributed by atoms with Crippen LogP contribution in [0.25, 0.3) is 0 Å². The van der Waals surface area contributed by atoms with Gasteiger partial charge in [-0.2, -0.15) is 0 Å². The van der Waals surface area contributed by atoms with E-state index < -0.39 is 0 Å². The van der Waals surface area contributed by atoms with Crippen LogP contribution < -0.4 is 10.1 Å². The first kappa shape index (κ1) is 10.5. The van der Waals surface area contributed by atoms with Crippen molar-refractivity contribution < 1.29 is 14.3 Å². The van der Waals surface area contributed by atoms with Gasteiger partial charge < -0.3 is 14.8 Å². The molecule has 1 N–H and O–H groups in total. The Morgan fingerprint density at radius 3 is 2.93 bits per heavy atom. The summed E-state index contributed by atoms with van der Waals surface area (Å²) in [5.41, 5.74) is 0.714. The number of rotatable bonds is 4. The van der Waals surface area contributed by atoms with Crippen molar-refractivity contribution in [2.75, 3.05) is 19.2 Å². The number of methoxy groups -OCH3 is 1. The third-order valence-electron chi connectivity index (χ3n) is 1.50. The summed E-state index contributed by atoms with van der Waals surface area (Å²) in [6, 6.07) is 7.13. The Bertz CT molecular complexity index is 312. The van der Waals surface area contributed by atoms with Crippen LogP contribution in [0, 0.1) is 0 Å². The van der Waals surface area contributed by atoms with E-state index in [2.05, 4.69) is 5.32 Å². The molecule has 0 aromatic heterocycles. The van der Waals surface area contributed by atoms with Crippen molar-refractivity contribution in [1.82, 2.24) is 0 Å². The molecule has 1 aromatic carbocycles. The van der Waals surface area contributed by atoms with Gasteiger partial charge in [0.1, 0.15) is 5.75 Å². The number of hydrogen-bond acceptors (Lipinski definition) is 3. The first-order valence-electron chi connectivity index (χ1n) is 4.22. The third-order valence-corrected chi connectivity index (χ3v) is 1.50. The van der Waals surface area contributed by atoms with E-state index in [9.17, 15) is 4.79 Å². The molecule has 0 saturated carbocycles. The molecule has 14 heavy (non-hydrogen) atoms. The summed E-state index contributed by atoms with van der Waals surface area (Å²) >= 11 is 0. The maximum Gasteiger partial charge on any atom is 0.221 e. The Morgan fingerprint density at radius 2 is 2.29 bits per heavy atom. The highest BCUT2D eigenvalue weighted by atomic mass is 16.7. The topological polar surface area (TPSA) is 47.6 Å². The SMILES string of the molecule is COCOc1cccc(NC(C)=O)c1. The molecule has 1 aromatic rings. The lowest BCUT2D eigenvalue weighted by atomic mass is 10.3. The number of hydrogen-bond donors (Lipinski definition) is 1. The van der Waals surface area contributed by atoms with Gasteiger partial charge in [0.05, 0.1) is 0 Å². The van der Waals surface area contributed by atoms with Gasteiger partial charge in [-0.25, -0.2) is 0 Å². The highest BCUT2D eigenvalue weighted by Gasteiger charge is 1.97. The van der Waals surface area contributed by atoms with Gasteiger partial charge in [0.2, 0.25) is 5.91 Å². The van der Waals surface area contributed by atoms with Crippen LogP contribution >= 0.6 is 0 Å². The van der Waals surface area contributed by atoms with Gasteiger partial charge in [-0.05, 0) is 12.1 Å². The lowest BCUT2D eigenvalue weighted by molar-refractivity contribution is -0.114. The molecule has 0 heterocycles. The van der Waals surface area contributed by atoms with Crippen molar-refractivity contribution in [1.29, 1.82) is 0 Å². The maximum absolute atomic E-state index is 10.8. The average Bonchev–Trinajstić information content (AvgIpc) is 2.14. The number of amides is 1. The molecule has 0 spiro atoms. The normalized spacial score (nSPS) is 9.57. The standard InChI is InChI=1S/C10H13NO3/c1-8(12)11-9-4-3-5-10(6-9)14-7-13-2/h3-6H,7H2,1-2H3,(H,11,12). The second kappa shape index (κ2) is 5.24. The Labute approximate surface area is 82.8 Å². The molecular formula is C10H13NO3. The Balaban J connectivity index is 2.63. The minimum absolute atomic E-state index is 0.103. The van der Waals surface area contributed by atoms with Crippen molar-refractivity contribution in [2.45, 2.75) is 6.92 Å². The van der Waals surface area contributed by atoms with Gasteiger partial charge in [-0.3, -0.25) is 4.79 Å². The summed E-state index contributed by atoms with van der Waals surface area (Å²) in [7, 11) is 1.55. The number of carbonyl (C=O) groups excluding carboxylic acids is 1. The summed E-state index contributed by atoms with van der Waals surface area (Å²) in [6.07, 6.45) is 0. The predicted molar refractivity (Wildman–Crippen MR) is 53.2 cm³/mol. The van der Waals surface area contributed by atoms with E-state index >= 15 is 0 Å². The molecule has 0 radical (unpaired) electrons. The van der Waals surface area contributed by atoms with E-state index in [0.717, 1.165) is 0 Å². The van der Waals surface area contributed by atoms with Crippen LogP contribution in [0.3, 0.4) is 0 Å². The molecule has 0 atom stereocenters. The fourth-order valence-electron chi connectivity index (χ4n) is 0.994. The quantitative estimate of drug-likeness (QED) is 0.743. The van der Waals surface area contributed by atoms with E-state index in [4.69, 9.17) is 9.47 Å². The van der Waals surface area contributed by atoms with Crippen molar-refractivity contribution in [2.24, 2.45) is 0 Å². The summed E-state index contributed by atoms with van der Waals surface area (Å²) in [5, 5.41) is 2.66. The van der Waals surface area contributed by atoms with Gasteiger partial charge in [0, 0.05) is 25.8 Å². The smallest absolute Gasteiger partial charge is 0.221 e. The average molecular weight is 195 g/mol. The number of carbonyl (C=O) groups is 1. The minimum atomic E-state index is -0.103. The van der Waals surface area contributed by atoms with Crippen molar-refractivity contribution in [3.8, 4) is 5.75 Å². The van der Waals surface area contributed by atoms with Crippen LogP contribution in [0.15, 0.2) is 24.3 Å².